The summed E-state index contributed by atoms with van der Waals surface area (Å²) in [5.74, 6) is -0.0126. The number of carbonyl (C=O) groups excluding carboxylic acids is 1. The van der Waals surface area contributed by atoms with Gasteiger partial charge in [0.15, 0.2) is 5.78 Å². The summed E-state index contributed by atoms with van der Waals surface area (Å²) in [4.78, 5) is 16.0. The zero-order valence-corrected chi connectivity index (χ0v) is 12.8. The number of rotatable bonds is 3. The summed E-state index contributed by atoms with van der Waals surface area (Å²) >= 11 is 14.1. The molecule has 1 aromatic heterocycles. The number of Topliss-reactive ketones (excluding diaryl/α,β-unsaturated/α-hetero) is 1. The fourth-order valence-electron chi connectivity index (χ4n) is 1.49. The van der Waals surface area contributed by atoms with E-state index >= 15 is 0 Å². The van der Waals surface area contributed by atoms with Crippen LogP contribution < -0.4 is 0 Å². The molecule has 18 heavy (non-hydrogen) atoms. The van der Waals surface area contributed by atoms with Crippen molar-refractivity contribution in [2.75, 3.05) is 0 Å². The number of carbonyl (C=O) groups is 1. The molecule has 0 saturated heterocycles. The van der Waals surface area contributed by atoms with Crippen LogP contribution in [0.15, 0.2) is 36.7 Å². The number of pyridine rings is 1. The Bertz CT molecular complexity index is 601. The third kappa shape index (κ3) is 3.22. The van der Waals surface area contributed by atoms with E-state index in [9.17, 15) is 4.79 Å². The van der Waals surface area contributed by atoms with E-state index in [1.165, 1.54) is 6.20 Å². The summed E-state index contributed by atoms with van der Waals surface area (Å²) in [5, 5.41) is 1.09. The quantitative estimate of drug-likeness (QED) is 0.572. The second-order valence-corrected chi connectivity index (χ2v) is 5.67. The summed E-state index contributed by atoms with van der Waals surface area (Å²) in [5.41, 5.74) is 1.36. The lowest BCUT2D eigenvalue weighted by atomic mass is 10.0. The number of aromatic nitrogens is 1. The number of hydrogen-bond donors (Lipinski definition) is 0. The van der Waals surface area contributed by atoms with Crippen LogP contribution in [-0.2, 0) is 6.42 Å². The summed E-state index contributed by atoms with van der Waals surface area (Å²) in [6.07, 6.45) is 3.40. The van der Waals surface area contributed by atoms with Gasteiger partial charge in [0.1, 0.15) is 0 Å². The molecular weight excluding hydrogens is 384 g/mol. The first kappa shape index (κ1) is 13.8. The number of halogens is 3. The lowest BCUT2D eigenvalue weighted by Gasteiger charge is -2.04. The maximum atomic E-state index is 12.1. The normalized spacial score (nSPS) is 10.4. The van der Waals surface area contributed by atoms with Crippen molar-refractivity contribution in [1.29, 1.82) is 0 Å². The smallest absolute Gasteiger partial charge is 0.167 e. The monoisotopic (exact) mass is 391 g/mol. The predicted octanol–water partition coefficient (Wildman–Crippen LogP) is 4.42. The maximum Gasteiger partial charge on any atom is 0.167 e. The van der Waals surface area contributed by atoms with E-state index in [0.29, 0.717) is 15.6 Å². The summed E-state index contributed by atoms with van der Waals surface area (Å²) < 4.78 is 0.924. The molecule has 0 bridgehead atoms. The van der Waals surface area contributed by atoms with Gasteiger partial charge in [0, 0.05) is 27.9 Å². The Morgan fingerprint density at radius 1 is 1.22 bits per heavy atom. The van der Waals surface area contributed by atoms with Crippen LogP contribution in [0.2, 0.25) is 10.0 Å². The van der Waals surface area contributed by atoms with Crippen molar-refractivity contribution in [3.63, 3.8) is 0 Å². The molecule has 0 atom stereocenters. The molecule has 0 radical (unpaired) electrons. The van der Waals surface area contributed by atoms with Crippen molar-refractivity contribution in [1.82, 2.24) is 4.98 Å². The third-order valence-corrected chi connectivity index (χ3v) is 4.36. The Hall–Kier alpha value is -0.650. The maximum absolute atomic E-state index is 12.1. The highest BCUT2D eigenvalue weighted by Gasteiger charge is 2.11. The van der Waals surface area contributed by atoms with E-state index in [0.717, 1.165) is 9.13 Å². The molecule has 0 aliphatic heterocycles. The van der Waals surface area contributed by atoms with Crippen LogP contribution >= 0.6 is 45.8 Å². The molecular formula is C13H8Cl2INO. The first-order valence-electron chi connectivity index (χ1n) is 5.14. The lowest BCUT2D eigenvalue weighted by molar-refractivity contribution is 0.0993. The minimum Gasteiger partial charge on any atom is -0.294 e. The summed E-state index contributed by atoms with van der Waals surface area (Å²) in [6, 6.07) is 7.02. The first-order valence-corrected chi connectivity index (χ1v) is 6.98. The van der Waals surface area contributed by atoms with Crippen LogP contribution in [0.4, 0.5) is 0 Å². The first-order chi connectivity index (χ1) is 8.58. The molecule has 1 heterocycles. The highest BCUT2D eigenvalue weighted by molar-refractivity contribution is 14.1. The van der Waals surface area contributed by atoms with E-state index < -0.39 is 0 Å². The number of hydrogen-bond acceptors (Lipinski definition) is 2. The molecule has 0 N–H and O–H groups in total. The molecule has 0 aliphatic rings. The van der Waals surface area contributed by atoms with E-state index in [1.807, 2.05) is 6.07 Å². The van der Waals surface area contributed by atoms with E-state index in [4.69, 9.17) is 23.2 Å². The molecule has 92 valence electrons. The van der Waals surface area contributed by atoms with E-state index in [2.05, 4.69) is 27.6 Å². The van der Waals surface area contributed by atoms with Crippen LogP contribution in [0.5, 0.6) is 0 Å². The van der Waals surface area contributed by atoms with Crippen LogP contribution in [0.1, 0.15) is 15.9 Å². The van der Waals surface area contributed by atoms with Crippen LogP contribution in [0.25, 0.3) is 0 Å². The standard InChI is InChI=1S/C13H8Cl2INO/c14-10-5-9(1-2-12(10)16)13(18)6-8-3-4-17-7-11(8)15/h1-5,7H,6H2. The van der Waals surface area contributed by atoms with Crippen LogP contribution in [0.3, 0.4) is 0 Å². The fraction of sp³-hybridized carbons (Fsp3) is 0.0769. The van der Waals surface area contributed by atoms with Gasteiger partial charge in [-0.25, -0.2) is 0 Å². The van der Waals surface area contributed by atoms with Gasteiger partial charge in [-0.05, 0) is 46.4 Å². The summed E-state index contributed by atoms with van der Waals surface area (Å²) in [6.45, 7) is 0. The zero-order valence-electron chi connectivity index (χ0n) is 9.16. The molecule has 0 fully saturated rings. The highest BCUT2D eigenvalue weighted by Crippen LogP contribution is 2.21. The zero-order chi connectivity index (χ0) is 13.1. The average Bonchev–Trinajstić information content (AvgIpc) is 2.35. The van der Waals surface area contributed by atoms with Gasteiger partial charge in [-0.15, -0.1) is 0 Å². The van der Waals surface area contributed by atoms with Crippen molar-refractivity contribution in [3.05, 3.63) is 61.4 Å². The molecule has 2 rings (SSSR count). The van der Waals surface area contributed by atoms with Gasteiger partial charge in [0.05, 0.1) is 10.0 Å². The van der Waals surface area contributed by atoms with Crippen molar-refractivity contribution < 1.29 is 4.79 Å². The molecule has 0 unspecified atom stereocenters. The Labute approximate surface area is 128 Å². The predicted molar refractivity (Wildman–Crippen MR) is 81.5 cm³/mol. The molecule has 5 heteroatoms. The average molecular weight is 392 g/mol. The fourth-order valence-corrected chi connectivity index (χ4v) is 2.19. The second kappa shape index (κ2) is 5.99. The van der Waals surface area contributed by atoms with E-state index in [1.54, 1.807) is 24.4 Å². The van der Waals surface area contributed by atoms with Gasteiger partial charge < -0.3 is 0 Å². The van der Waals surface area contributed by atoms with Crippen LogP contribution in [0, 0.1) is 3.57 Å². The van der Waals surface area contributed by atoms with Gasteiger partial charge in [-0.3, -0.25) is 9.78 Å². The Morgan fingerprint density at radius 3 is 2.67 bits per heavy atom. The third-order valence-electron chi connectivity index (χ3n) is 2.45. The Kier molecular flexibility index (Phi) is 4.59. The Balaban J connectivity index is 2.22. The van der Waals surface area contributed by atoms with Gasteiger partial charge in [0.25, 0.3) is 0 Å². The molecule has 2 nitrogen and oxygen atoms in total. The van der Waals surface area contributed by atoms with Gasteiger partial charge in [0.2, 0.25) is 0 Å². The summed E-state index contributed by atoms with van der Waals surface area (Å²) in [7, 11) is 0. The minimum atomic E-state index is -0.0126. The SMILES string of the molecule is O=C(Cc1ccncc1Cl)c1ccc(I)c(Cl)c1. The molecule has 0 aliphatic carbocycles. The topological polar surface area (TPSA) is 30.0 Å². The van der Waals surface area contributed by atoms with Crippen molar-refractivity contribution >= 4 is 51.6 Å². The van der Waals surface area contributed by atoms with Gasteiger partial charge in [-0.1, -0.05) is 29.3 Å². The van der Waals surface area contributed by atoms with Gasteiger partial charge >= 0.3 is 0 Å². The van der Waals surface area contributed by atoms with Crippen LogP contribution in [-0.4, -0.2) is 10.8 Å². The number of benzene rings is 1. The highest BCUT2D eigenvalue weighted by atomic mass is 127. The number of nitrogens with zero attached hydrogens (tertiary/aromatic N) is 1. The molecule has 0 spiro atoms. The number of ketones is 1. The second-order valence-electron chi connectivity index (χ2n) is 3.70. The van der Waals surface area contributed by atoms with Gasteiger partial charge in [-0.2, -0.15) is 0 Å². The van der Waals surface area contributed by atoms with Crippen molar-refractivity contribution in [3.8, 4) is 0 Å². The molecule has 2 aromatic rings. The van der Waals surface area contributed by atoms with E-state index in [-0.39, 0.29) is 12.2 Å². The van der Waals surface area contributed by atoms with Crippen molar-refractivity contribution in [2.45, 2.75) is 6.42 Å². The minimum absolute atomic E-state index is 0.0126. The molecule has 0 amide bonds. The van der Waals surface area contributed by atoms with Crippen molar-refractivity contribution in [2.24, 2.45) is 0 Å². The Morgan fingerprint density at radius 2 is 2.00 bits per heavy atom. The molecule has 1 aromatic carbocycles. The lowest BCUT2D eigenvalue weighted by Crippen LogP contribution is -2.04. The molecule has 0 saturated carbocycles. The largest absolute Gasteiger partial charge is 0.294 e.